The van der Waals surface area contributed by atoms with Crippen LogP contribution in [0, 0.1) is 5.92 Å². The van der Waals surface area contributed by atoms with Crippen LogP contribution in [0.25, 0.3) is 0 Å². The molecule has 1 aromatic carbocycles. The molecule has 1 N–H and O–H groups in total. The minimum absolute atomic E-state index is 0.321. The molecule has 0 radical (unpaired) electrons. The Balaban J connectivity index is 2.42. The summed E-state index contributed by atoms with van der Waals surface area (Å²) in [6.45, 7) is 0. The molecule has 0 bridgehead atoms. The van der Waals surface area contributed by atoms with E-state index in [0.717, 1.165) is 0 Å². The van der Waals surface area contributed by atoms with Crippen LogP contribution in [-0.4, -0.2) is 32.1 Å². The lowest BCUT2D eigenvalue weighted by Crippen LogP contribution is -2.37. The maximum atomic E-state index is 11.8. The highest BCUT2D eigenvalue weighted by molar-refractivity contribution is 6.03. The van der Waals surface area contributed by atoms with Crippen LogP contribution in [0.5, 0.6) is 0 Å². The maximum absolute atomic E-state index is 11.8. The van der Waals surface area contributed by atoms with Crippen molar-refractivity contribution in [2.75, 3.05) is 14.2 Å². The van der Waals surface area contributed by atoms with Crippen molar-refractivity contribution >= 4 is 17.8 Å². The first-order chi connectivity index (χ1) is 9.10. The quantitative estimate of drug-likeness (QED) is 0.632. The molecule has 1 aliphatic rings. The van der Waals surface area contributed by atoms with Crippen molar-refractivity contribution in [3.05, 3.63) is 35.4 Å². The molecule has 0 aromatic heterocycles. The van der Waals surface area contributed by atoms with E-state index >= 15 is 0 Å². The fourth-order valence-corrected chi connectivity index (χ4v) is 2.16. The number of carbonyl (C=O) groups is 3. The Labute approximate surface area is 109 Å². The summed E-state index contributed by atoms with van der Waals surface area (Å²) in [5.41, 5.74) is 1.04. The molecule has 0 saturated heterocycles. The van der Waals surface area contributed by atoms with Gasteiger partial charge in [0.25, 0.3) is 5.91 Å². The smallest absolute Gasteiger partial charge is 0.322 e. The van der Waals surface area contributed by atoms with Crippen LogP contribution in [0.3, 0.4) is 0 Å². The lowest BCUT2D eigenvalue weighted by molar-refractivity contribution is -0.160. The molecule has 100 valence electrons. The molecule has 1 aliphatic heterocycles. The second-order valence-corrected chi connectivity index (χ2v) is 4.06. The van der Waals surface area contributed by atoms with Crippen molar-refractivity contribution in [1.82, 2.24) is 5.32 Å². The van der Waals surface area contributed by atoms with Crippen molar-refractivity contribution in [2.45, 2.75) is 6.04 Å². The van der Waals surface area contributed by atoms with E-state index in [1.807, 2.05) is 0 Å². The molecule has 0 aliphatic carbocycles. The lowest BCUT2D eigenvalue weighted by atomic mass is 9.93. The SMILES string of the molecule is COC(=O)C(C(=O)OC)[C@H]1NC(=O)c2ccccc21. The summed E-state index contributed by atoms with van der Waals surface area (Å²) in [6.07, 6.45) is 0. The number of carbonyl (C=O) groups excluding carboxylic acids is 3. The van der Waals surface area contributed by atoms with Crippen molar-refractivity contribution < 1.29 is 23.9 Å². The number of hydrogen-bond donors (Lipinski definition) is 1. The second kappa shape index (κ2) is 5.09. The van der Waals surface area contributed by atoms with Gasteiger partial charge in [0.05, 0.1) is 20.3 Å². The zero-order valence-electron chi connectivity index (χ0n) is 10.5. The zero-order chi connectivity index (χ0) is 14.0. The number of esters is 2. The fraction of sp³-hybridized carbons (Fsp3) is 0.308. The monoisotopic (exact) mass is 263 g/mol. The third kappa shape index (κ3) is 2.16. The molecule has 0 spiro atoms. The number of ether oxygens (including phenoxy) is 2. The summed E-state index contributed by atoms with van der Waals surface area (Å²) in [4.78, 5) is 35.3. The Hall–Kier alpha value is -2.37. The number of amides is 1. The highest BCUT2D eigenvalue weighted by Gasteiger charge is 2.43. The van der Waals surface area contributed by atoms with Crippen LogP contribution in [0.1, 0.15) is 22.0 Å². The summed E-state index contributed by atoms with van der Waals surface area (Å²) in [5, 5.41) is 2.61. The van der Waals surface area contributed by atoms with Crippen molar-refractivity contribution in [1.29, 1.82) is 0 Å². The third-order valence-electron chi connectivity index (χ3n) is 3.07. The summed E-state index contributed by atoms with van der Waals surface area (Å²) in [5.74, 6) is -3.01. The summed E-state index contributed by atoms with van der Waals surface area (Å²) >= 11 is 0. The van der Waals surface area contributed by atoms with Gasteiger partial charge in [-0.05, 0) is 11.6 Å². The molecule has 0 unspecified atom stereocenters. The van der Waals surface area contributed by atoms with E-state index in [-0.39, 0.29) is 5.91 Å². The third-order valence-corrected chi connectivity index (χ3v) is 3.07. The van der Waals surface area contributed by atoms with Crippen LogP contribution in [0.2, 0.25) is 0 Å². The van der Waals surface area contributed by atoms with Crippen LogP contribution in [0.4, 0.5) is 0 Å². The highest BCUT2D eigenvalue weighted by atomic mass is 16.5. The predicted molar refractivity (Wildman–Crippen MR) is 64.2 cm³/mol. The van der Waals surface area contributed by atoms with Crippen molar-refractivity contribution in [3.8, 4) is 0 Å². The first-order valence-electron chi connectivity index (χ1n) is 5.65. The molecule has 6 heteroatoms. The van der Waals surface area contributed by atoms with Crippen LogP contribution >= 0.6 is 0 Å². The van der Waals surface area contributed by atoms with E-state index in [0.29, 0.717) is 11.1 Å². The minimum Gasteiger partial charge on any atom is -0.468 e. The number of methoxy groups -OCH3 is 2. The van der Waals surface area contributed by atoms with Gasteiger partial charge in [-0.3, -0.25) is 14.4 Å². The average Bonchev–Trinajstić information content (AvgIpc) is 2.76. The van der Waals surface area contributed by atoms with Gasteiger partial charge in [0, 0.05) is 5.56 Å². The minimum atomic E-state index is -1.21. The standard InChI is InChI=1S/C13H13NO5/c1-18-12(16)9(13(17)19-2)10-7-5-3-4-6-8(7)11(15)14-10/h3-6,9-10H,1-2H3,(H,14,15)/t10-/m0/s1. The van der Waals surface area contributed by atoms with E-state index in [9.17, 15) is 14.4 Å². The molecule has 1 aromatic rings. The number of nitrogens with one attached hydrogen (secondary N) is 1. The van der Waals surface area contributed by atoms with Crippen molar-refractivity contribution in [2.24, 2.45) is 5.92 Å². The normalized spacial score (nSPS) is 16.8. The van der Waals surface area contributed by atoms with Gasteiger partial charge in [-0.15, -0.1) is 0 Å². The van der Waals surface area contributed by atoms with Gasteiger partial charge in [0.1, 0.15) is 0 Å². The first kappa shape index (κ1) is 13.1. The van der Waals surface area contributed by atoms with E-state index in [2.05, 4.69) is 14.8 Å². The average molecular weight is 263 g/mol. The second-order valence-electron chi connectivity index (χ2n) is 4.06. The van der Waals surface area contributed by atoms with Crippen LogP contribution in [0.15, 0.2) is 24.3 Å². The molecule has 2 rings (SSSR count). The molecular weight excluding hydrogens is 250 g/mol. The number of rotatable bonds is 3. The topological polar surface area (TPSA) is 81.7 Å². The van der Waals surface area contributed by atoms with E-state index in [4.69, 9.17) is 0 Å². The molecule has 19 heavy (non-hydrogen) atoms. The predicted octanol–water partition coefficient (Wildman–Crippen LogP) is 0.433. The van der Waals surface area contributed by atoms with Gasteiger partial charge in [-0.25, -0.2) is 0 Å². The summed E-state index contributed by atoms with van der Waals surface area (Å²) in [6, 6.07) is 6.01. The largest absolute Gasteiger partial charge is 0.468 e. The Morgan fingerprint density at radius 2 is 1.74 bits per heavy atom. The Morgan fingerprint density at radius 1 is 1.16 bits per heavy atom. The zero-order valence-corrected chi connectivity index (χ0v) is 10.5. The molecule has 1 heterocycles. The summed E-state index contributed by atoms with van der Waals surface area (Å²) in [7, 11) is 2.36. The Morgan fingerprint density at radius 3 is 2.32 bits per heavy atom. The van der Waals surface area contributed by atoms with Gasteiger partial charge >= 0.3 is 11.9 Å². The molecular formula is C13H13NO5. The van der Waals surface area contributed by atoms with Gasteiger partial charge < -0.3 is 14.8 Å². The fourth-order valence-electron chi connectivity index (χ4n) is 2.16. The molecule has 0 fully saturated rings. The van der Waals surface area contributed by atoms with E-state index in [1.54, 1.807) is 24.3 Å². The lowest BCUT2D eigenvalue weighted by Gasteiger charge is -2.19. The molecule has 0 saturated carbocycles. The molecule has 1 atom stereocenters. The summed E-state index contributed by atoms with van der Waals surface area (Å²) < 4.78 is 9.21. The molecule has 1 amide bonds. The number of benzene rings is 1. The number of fused-ring (bicyclic) bond motifs is 1. The van der Waals surface area contributed by atoms with E-state index < -0.39 is 23.9 Å². The van der Waals surface area contributed by atoms with Crippen LogP contribution in [-0.2, 0) is 19.1 Å². The number of hydrogen-bond acceptors (Lipinski definition) is 5. The van der Waals surface area contributed by atoms with Crippen molar-refractivity contribution in [3.63, 3.8) is 0 Å². The Bertz CT molecular complexity index is 524. The van der Waals surface area contributed by atoms with Crippen LogP contribution < -0.4 is 5.32 Å². The maximum Gasteiger partial charge on any atom is 0.322 e. The van der Waals surface area contributed by atoms with Gasteiger partial charge in [0.2, 0.25) is 0 Å². The van der Waals surface area contributed by atoms with E-state index in [1.165, 1.54) is 14.2 Å². The first-order valence-corrected chi connectivity index (χ1v) is 5.65. The van der Waals surface area contributed by atoms with Gasteiger partial charge in [-0.2, -0.15) is 0 Å². The van der Waals surface area contributed by atoms with Gasteiger partial charge in [-0.1, -0.05) is 18.2 Å². The van der Waals surface area contributed by atoms with Gasteiger partial charge in [0.15, 0.2) is 5.92 Å². The molecule has 6 nitrogen and oxygen atoms in total. The Kier molecular flexibility index (Phi) is 3.50. The highest BCUT2D eigenvalue weighted by Crippen LogP contribution is 2.32.